The Morgan fingerprint density at radius 2 is 1.75 bits per heavy atom. The zero-order valence-corrected chi connectivity index (χ0v) is 8.87. The van der Waals surface area contributed by atoms with E-state index in [0.29, 0.717) is 0 Å². The Kier molecular flexibility index (Phi) is 3.44. The molecule has 0 heterocycles. The molecule has 1 rings (SSSR count). The molecule has 0 saturated heterocycles. The maximum absolute atomic E-state index is 12.6. The first-order chi connectivity index (χ1) is 7.13. The predicted molar refractivity (Wildman–Crippen MR) is 49.5 cm³/mol. The molecule has 0 aliphatic heterocycles. The second kappa shape index (κ2) is 4.18. The van der Waals surface area contributed by atoms with Crippen LogP contribution < -0.4 is 4.74 Å². The van der Waals surface area contributed by atoms with E-state index in [4.69, 9.17) is 16.7 Å². The fraction of sp³-hybridized carbons (Fsp3) is 0.250. The average molecular weight is 279 g/mol. The summed E-state index contributed by atoms with van der Waals surface area (Å²) >= 11 is 9.52. The maximum Gasteiger partial charge on any atom is 0.480 e. The van der Waals surface area contributed by atoms with Gasteiger partial charge in [-0.05, 0) is 23.7 Å². The fourth-order valence-corrected chi connectivity index (χ4v) is 0.966. The van der Waals surface area contributed by atoms with Crippen molar-refractivity contribution >= 4 is 23.2 Å². The molecule has 16 heavy (non-hydrogen) atoms. The van der Waals surface area contributed by atoms with E-state index in [1.54, 1.807) is 0 Å². The van der Waals surface area contributed by atoms with Gasteiger partial charge in [-0.25, -0.2) is 0 Å². The number of phenols is 1. The second-order valence-corrected chi connectivity index (χ2v) is 3.61. The van der Waals surface area contributed by atoms with Gasteiger partial charge in [0, 0.05) is 6.07 Å². The summed E-state index contributed by atoms with van der Waals surface area (Å²) in [5.74, 6) is -1.04. The average Bonchev–Trinajstić information content (AvgIpc) is 2.09. The van der Waals surface area contributed by atoms with Crippen LogP contribution in [-0.2, 0) is 0 Å². The minimum atomic E-state index is -4.88. The minimum Gasteiger partial charge on any atom is -0.506 e. The van der Waals surface area contributed by atoms with Crippen LogP contribution in [0, 0.1) is 0 Å². The van der Waals surface area contributed by atoms with E-state index in [1.807, 2.05) is 0 Å². The SMILES string of the molecule is Oc1ccc(OC(F)(F)C(F)(F)Cl)cc1Cl. The molecule has 2 nitrogen and oxygen atoms in total. The monoisotopic (exact) mass is 278 g/mol. The molecule has 0 spiro atoms. The zero-order chi connectivity index (χ0) is 12.6. The third kappa shape index (κ3) is 2.82. The summed E-state index contributed by atoms with van der Waals surface area (Å²) in [5, 5.41) is 3.79. The maximum atomic E-state index is 12.6. The predicted octanol–water partition coefficient (Wildman–Crippen LogP) is 3.85. The molecule has 0 radical (unpaired) electrons. The number of alkyl halides is 5. The number of halogens is 6. The van der Waals surface area contributed by atoms with Gasteiger partial charge < -0.3 is 9.84 Å². The number of hydrogen-bond donors (Lipinski definition) is 1. The Bertz CT molecular complexity index is 392. The van der Waals surface area contributed by atoms with Crippen molar-refractivity contribution in [1.29, 1.82) is 0 Å². The summed E-state index contributed by atoms with van der Waals surface area (Å²) in [6, 6.07) is 2.52. The standard InChI is InChI=1S/C8H4Cl2F4O2/c9-5-3-4(1-2-6(5)15)16-8(13,14)7(10,11)12/h1-3,15H. The van der Waals surface area contributed by atoms with E-state index in [9.17, 15) is 17.6 Å². The molecule has 0 fully saturated rings. The summed E-state index contributed by atoms with van der Waals surface area (Å²) in [6.45, 7) is 0. The van der Waals surface area contributed by atoms with Crippen LogP contribution in [0.1, 0.15) is 0 Å². The van der Waals surface area contributed by atoms with Crippen LogP contribution in [0.25, 0.3) is 0 Å². The van der Waals surface area contributed by atoms with Crippen LogP contribution in [0.5, 0.6) is 11.5 Å². The Balaban J connectivity index is 2.93. The van der Waals surface area contributed by atoms with Crippen LogP contribution in [0.2, 0.25) is 5.02 Å². The number of ether oxygens (including phenoxy) is 1. The molecule has 0 saturated carbocycles. The van der Waals surface area contributed by atoms with Crippen molar-refractivity contribution in [2.24, 2.45) is 0 Å². The molecule has 0 aromatic heterocycles. The Morgan fingerprint density at radius 3 is 2.19 bits per heavy atom. The van der Waals surface area contributed by atoms with Gasteiger partial charge in [-0.2, -0.15) is 17.6 Å². The topological polar surface area (TPSA) is 29.5 Å². The van der Waals surface area contributed by atoms with Gasteiger partial charge >= 0.3 is 11.5 Å². The van der Waals surface area contributed by atoms with Gasteiger partial charge in [-0.15, -0.1) is 0 Å². The lowest BCUT2D eigenvalue weighted by Crippen LogP contribution is -2.41. The quantitative estimate of drug-likeness (QED) is 0.672. The van der Waals surface area contributed by atoms with Crippen LogP contribution in [0.3, 0.4) is 0 Å². The molecular formula is C8H4Cl2F4O2. The smallest absolute Gasteiger partial charge is 0.480 e. The third-order valence-electron chi connectivity index (χ3n) is 1.50. The van der Waals surface area contributed by atoms with Gasteiger partial charge in [0.15, 0.2) is 0 Å². The highest BCUT2D eigenvalue weighted by atomic mass is 35.5. The molecule has 1 N–H and O–H groups in total. The lowest BCUT2D eigenvalue weighted by Gasteiger charge is -2.21. The third-order valence-corrected chi connectivity index (χ3v) is 2.02. The zero-order valence-electron chi connectivity index (χ0n) is 7.36. The summed E-state index contributed by atoms with van der Waals surface area (Å²) in [7, 11) is 0. The highest BCUT2D eigenvalue weighted by molar-refractivity contribution is 6.32. The van der Waals surface area contributed by atoms with Gasteiger partial charge in [0.25, 0.3) is 0 Å². The molecule has 0 bridgehead atoms. The molecule has 0 amide bonds. The fourth-order valence-electron chi connectivity index (χ4n) is 0.757. The number of rotatable bonds is 3. The van der Waals surface area contributed by atoms with Crippen molar-refractivity contribution in [1.82, 2.24) is 0 Å². The van der Waals surface area contributed by atoms with Gasteiger partial charge in [0.05, 0.1) is 5.02 Å². The second-order valence-electron chi connectivity index (χ2n) is 2.73. The van der Waals surface area contributed by atoms with Gasteiger partial charge in [-0.1, -0.05) is 11.6 Å². The molecule has 0 unspecified atom stereocenters. The molecule has 90 valence electrons. The molecule has 0 atom stereocenters. The first-order valence-electron chi connectivity index (χ1n) is 3.75. The van der Waals surface area contributed by atoms with Gasteiger partial charge in [0.2, 0.25) is 0 Å². The van der Waals surface area contributed by atoms with E-state index in [0.717, 1.165) is 18.2 Å². The van der Waals surface area contributed by atoms with Gasteiger partial charge in [0.1, 0.15) is 11.5 Å². The molecule has 0 aliphatic carbocycles. The first-order valence-corrected chi connectivity index (χ1v) is 4.51. The lowest BCUT2D eigenvalue weighted by molar-refractivity contribution is -0.273. The lowest BCUT2D eigenvalue weighted by atomic mass is 10.3. The highest BCUT2D eigenvalue weighted by Crippen LogP contribution is 2.40. The van der Waals surface area contributed by atoms with E-state index < -0.39 is 23.0 Å². The first kappa shape index (κ1) is 13.2. The minimum absolute atomic E-state index is 0.314. The van der Waals surface area contributed by atoms with Gasteiger partial charge in [-0.3, -0.25) is 0 Å². The summed E-state index contributed by atoms with van der Waals surface area (Å²) in [4.78, 5) is 0. The summed E-state index contributed by atoms with van der Waals surface area (Å²) in [5.41, 5.74) is 0. The number of hydrogen-bond acceptors (Lipinski definition) is 2. The van der Waals surface area contributed by atoms with Crippen LogP contribution >= 0.6 is 23.2 Å². The number of aromatic hydroxyl groups is 1. The molecule has 1 aromatic rings. The van der Waals surface area contributed by atoms with Crippen molar-refractivity contribution in [3.8, 4) is 11.5 Å². The van der Waals surface area contributed by atoms with Crippen molar-refractivity contribution in [2.45, 2.75) is 11.5 Å². The van der Waals surface area contributed by atoms with Crippen molar-refractivity contribution in [3.63, 3.8) is 0 Å². The number of phenolic OH excluding ortho intramolecular Hbond substituents is 1. The normalized spacial score (nSPS) is 12.6. The Morgan fingerprint density at radius 1 is 1.19 bits per heavy atom. The van der Waals surface area contributed by atoms with E-state index in [2.05, 4.69) is 16.3 Å². The Hall–Kier alpha value is -0.880. The highest BCUT2D eigenvalue weighted by Gasteiger charge is 2.58. The largest absolute Gasteiger partial charge is 0.506 e. The van der Waals surface area contributed by atoms with Crippen LogP contribution in [0.15, 0.2) is 18.2 Å². The van der Waals surface area contributed by atoms with E-state index in [1.165, 1.54) is 0 Å². The van der Waals surface area contributed by atoms with Crippen LogP contribution in [0.4, 0.5) is 17.6 Å². The van der Waals surface area contributed by atoms with Crippen molar-refractivity contribution < 1.29 is 27.4 Å². The molecular weight excluding hydrogens is 275 g/mol. The van der Waals surface area contributed by atoms with E-state index in [-0.39, 0.29) is 5.02 Å². The molecule has 0 aliphatic rings. The number of benzene rings is 1. The van der Waals surface area contributed by atoms with Crippen LogP contribution in [-0.4, -0.2) is 16.6 Å². The molecule has 1 aromatic carbocycles. The summed E-state index contributed by atoms with van der Waals surface area (Å²) < 4.78 is 53.3. The van der Waals surface area contributed by atoms with Crippen molar-refractivity contribution in [2.75, 3.05) is 0 Å². The molecule has 8 heteroatoms. The Labute approximate surface area is 97.3 Å². The summed E-state index contributed by atoms with van der Waals surface area (Å²) in [6.07, 6.45) is -4.88. The van der Waals surface area contributed by atoms with E-state index >= 15 is 0 Å². The van der Waals surface area contributed by atoms with Crippen molar-refractivity contribution in [3.05, 3.63) is 23.2 Å².